The highest BCUT2D eigenvalue weighted by molar-refractivity contribution is 7.99. The molecule has 8 heteroatoms. The van der Waals surface area contributed by atoms with Crippen LogP contribution >= 0.6 is 11.8 Å². The molecular weight excluding hydrogens is 340 g/mol. The summed E-state index contributed by atoms with van der Waals surface area (Å²) in [6.07, 6.45) is 1.58. The Morgan fingerprint density at radius 1 is 1.20 bits per heavy atom. The highest BCUT2D eigenvalue weighted by atomic mass is 32.2. The molecule has 25 heavy (non-hydrogen) atoms. The van der Waals surface area contributed by atoms with Gasteiger partial charge in [0.2, 0.25) is 0 Å². The summed E-state index contributed by atoms with van der Waals surface area (Å²) in [5.41, 5.74) is 1.27. The van der Waals surface area contributed by atoms with Crippen molar-refractivity contribution >= 4 is 22.7 Å². The van der Waals surface area contributed by atoms with E-state index in [2.05, 4.69) is 20.2 Å². The fraction of sp³-hybridized carbons (Fsp3) is 0.176. The van der Waals surface area contributed by atoms with E-state index in [-0.39, 0.29) is 10.8 Å². The number of nitrogens with one attached hydrogen (secondary N) is 1. The number of furan rings is 1. The summed E-state index contributed by atoms with van der Waals surface area (Å²) in [6, 6.07) is 9.02. The van der Waals surface area contributed by atoms with E-state index in [1.807, 2.05) is 32.0 Å². The van der Waals surface area contributed by atoms with E-state index in [1.165, 1.54) is 11.8 Å². The third-order valence-corrected chi connectivity index (χ3v) is 4.73. The number of aromatic nitrogens is 4. The van der Waals surface area contributed by atoms with E-state index in [9.17, 15) is 4.79 Å². The summed E-state index contributed by atoms with van der Waals surface area (Å²) in [4.78, 5) is 19.5. The third-order valence-electron chi connectivity index (χ3n) is 3.79. The van der Waals surface area contributed by atoms with E-state index >= 15 is 0 Å². The Balaban J connectivity index is 1.60. The first kappa shape index (κ1) is 15.6. The first-order chi connectivity index (χ1) is 12.1. The summed E-state index contributed by atoms with van der Waals surface area (Å²) in [7, 11) is 0. The molecule has 0 fully saturated rings. The van der Waals surface area contributed by atoms with Gasteiger partial charge in [-0.05, 0) is 32.0 Å². The normalized spacial score (nSPS) is 12.6. The molecule has 0 unspecified atom stereocenters. The first-order valence-corrected chi connectivity index (χ1v) is 8.53. The van der Waals surface area contributed by atoms with Crippen LogP contribution in [0, 0.1) is 6.92 Å². The van der Waals surface area contributed by atoms with Crippen LogP contribution in [0.1, 0.15) is 23.8 Å². The predicted octanol–water partition coefficient (Wildman–Crippen LogP) is 3.73. The quantitative estimate of drug-likeness (QED) is 0.558. The molecule has 0 aliphatic carbocycles. The lowest BCUT2D eigenvalue weighted by Gasteiger charge is -2.08. The van der Waals surface area contributed by atoms with Gasteiger partial charge in [-0.15, -0.1) is 10.2 Å². The lowest BCUT2D eigenvalue weighted by molar-refractivity contribution is 0.462. The fourth-order valence-electron chi connectivity index (χ4n) is 2.48. The Morgan fingerprint density at radius 3 is 2.84 bits per heavy atom. The molecule has 0 radical (unpaired) electrons. The van der Waals surface area contributed by atoms with E-state index in [1.54, 1.807) is 18.4 Å². The van der Waals surface area contributed by atoms with Crippen molar-refractivity contribution in [2.24, 2.45) is 0 Å². The molecule has 0 aliphatic rings. The maximum Gasteiger partial charge on any atom is 0.277 e. The van der Waals surface area contributed by atoms with Crippen molar-refractivity contribution in [1.82, 2.24) is 20.2 Å². The van der Waals surface area contributed by atoms with Gasteiger partial charge in [0.15, 0.2) is 0 Å². The zero-order valence-electron chi connectivity index (χ0n) is 13.5. The van der Waals surface area contributed by atoms with E-state index in [0.717, 1.165) is 5.56 Å². The monoisotopic (exact) mass is 354 g/mol. The van der Waals surface area contributed by atoms with Gasteiger partial charge < -0.3 is 13.8 Å². The number of benzene rings is 1. The van der Waals surface area contributed by atoms with E-state index < -0.39 is 0 Å². The van der Waals surface area contributed by atoms with Gasteiger partial charge in [0.1, 0.15) is 11.6 Å². The van der Waals surface area contributed by atoms with Crippen molar-refractivity contribution in [1.29, 1.82) is 0 Å². The molecule has 1 atom stereocenters. The molecular formula is C17H14N4O3S. The molecule has 4 rings (SSSR count). The molecule has 1 N–H and O–H groups in total. The van der Waals surface area contributed by atoms with Crippen molar-refractivity contribution in [3.05, 3.63) is 58.5 Å². The van der Waals surface area contributed by atoms with Crippen LogP contribution in [0.4, 0.5) is 0 Å². The Labute approximate surface area is 146 Å². The molecule has 0 amide bonds. The molecule has 7 nitrogen and oxygen atoms in total. The van der Waals surface area contributed by atoms with Crippen LogP contribution in [0.5, 0.6) is 0 Å². The van der Waals surface area contributed by atoms with Gasteiger partial charge >= 0.3 is 0 Å². The van der Waals surface area contributed by atoms with Gasteiger partial charge in [0, 0.05) is 0 Å². The largest absolute Gasteiger partial charge is 0.469 e. The van der Waals surface area contributed by atoms with Gasteiger partial charge in [0.05, 0.1) is 28.0 Å². The average molecular weight is 354 g/mol. The summed E-state index contributed by atoms with van der Waals surface area (Å²) < 4.78 is 10.9. The van der Waals surface area contributed by atoms with Crippen LogP contribution < -0.4 is 5.56 Å². The second-order valence-corrected chi connectivity index (χ2v) is 6.78. The SMILES string of the molecule is Cc1occc1-c1nnc(S[C@@H](C)c2nc3ccccc3c(=O)[nH]2)o1. The minimum absolute atomic E-state index is 0.156. The summed E-state index contributed by atoms with van der Waals surface area (Å²) >= 11 is 1.33. The van der Waals surface area contributed by atoms with Crippen LogP contribution in [-0.2, 0) is 0 Å². The molecule has 1 aromatic carbocycles. The number of nitrogens with zero attached hydrogens (tertiary/aromatic N) is 3. The van der Waals surface area contributed by atoms with Crippen LogP contribution in [0.25, 0.3) is 22.4 Å². The second kappa shape index (κ2) is 6.21. The Hall–Kier alpha value is -2.87. The average Bonchev–Trinajstić information content (AvgIpc) is 3.23. The van der Waals surface area contributed by atoms with Crippen molar-refractivity contribution in [2.75, 3.05) is 0 Å². The second-order valence-electron chi connectivity index (χ2n) is 5.49. The highest BCUT2D eigenvalue weighted by Gasteiger charge is 2.18. The van der Waals surface area contributed by atoms with Crippen molar-refractivity contribution < 1.29 is 8.83 Å². The standard InChI is InChI=1S/C17H14N4O3S/c1-9-11(7-8-23-9)16-20-21-17(24-16)25-10(2)14-18-13-6-4-3-5-12(13)15(22)19-14/h3-8,10H,1-2H3,(H,18,19,22)/t10-/m0/s1. The Bertz CT molecular complexity index is 1100. The number of aryl methyl sites for hydroxylation is 1. The summed E-state index contributed by atoms with van der Waals surface area (Å²) in [5, 5.41) is 8.91. The summed E-state index contributed by atoms with van der Waals surface area (Å²) in [5.74, 6) is 1.68. The number of aromatic amines is 1. The van der Waals surface area contributed by atoms with Gasteiger partial charge in [-0.3, -0.25) is 4.79 Å². The number of fused-ring (bicyclic) bond motifs is 1. The van der Waals surface area contributed by atoms with Crippen LogP contribution in [0.15, 0.2) is 55.4 Å². The van der Waals surface area contributed by atoms with Crippen LogP contribution in [0.3, 0.4) is 0 Å². The minimum Gasteiger partial charge on any atom is -0.469 e. The summed E-state index contributed by atoms with van der Waals surface area (Å²) in [6.45, 7) is 3.75. The Morgan fingerprint density at radius 2 is 2.04 bits per heavy atom. The number of hydrogen-bond acceptors (Lipinski definition) is 7. The predicted molar refractivity (Wildman–Crippen MR) is 93.4 cm³/mol. The molecule has 0 aliphatic heterocycles. The zero-order chi connectivity index (χ0) is 17.4. The number of hydrogen-bond donors (Lipinski definition) is 1. The lowest BCUT2D eigenvalue weighted by atomic mass is 10.2. The van der Waals surface area contributed by atoms with Crippen LogP contribution in [0.2, 0.25) is 0 Å². The third kappa shape index (κ3) is 2.96. The number of para-hydroxylation sites is 1. The molecule has 3 aromatic heterocycles. The van der Waals surface area contributed by atoms with Crippen molar-refractivity contribution in [3.8, 4) is 11.5 Å². The number of thioether (sulfide) groups is 1. The smallest absolute Gasteiger partial charge is 0.277 e. The Kier molecular flexibility index (Phi) is 3.89. The number of rotatable bonds is 4. The van der Waals surface area contributed by atoms with Gasteiger partial charge in [-0.1, -0.05) is 23.9 Å². The molecule has 3 heterocycles. The molecule has 0 spiro atoms. The van der Waals surface area contributed by atoms with Gasteiger partial charge in [0.25, 0.3) is 16.7 Å². The van der Waals surface area contributed by atoms with E-state index in [4.69, 9.17) is 8.83 Å². The molecule has 0 saturated carbocycles. The molecule has 0 saturated heterocycles. The maximum absolute atomic E-state index is 12.2. The molecule has 126 valence electrons. The highest BCUT2D eigenvalue weighted by Crippen LogP contribution is 2.34. The van der Waals surface area contributed by atoms with Gasteiger partial charge in [-0.2, -0.15) is 0 Å². The lowest BCUT2D eigenvalue weighted by Crippen LogP contribution is -2.12. The fourth-order valence-corrected chi connectivity index (χ4v) is 3.22. The molecule has 4 aromatic rings. The van der Waals surface area contributed by atoms with Crippen molar-refractivity contribution in [3.63, 3.8) is 0 Å². The minimum atomic E-state index is -0.159. The maximum atomic E-state index is 12.2. The van der Waals surface area contributed by atoms with Crippen molar-refractivity contribution in [2.45, 2.75) is 24.3 Å². The topological polar surface area (TPSA) is 97.8 Å². The first-order valence-electron chi connectivity index (χ1n) is 7.65. The molecule has 0 bridgehead atoms. The van der Waals surface area contributed by atoms with E-state index in [0.29, 0.717) is 33.6 Å². The van der Waals surface area contributed by atoms with Crippen LogP contribution in [-0.4, -0.2) is 20.2 Å². The number of H-pyrrole nitrogens is 1. The van der Waals surface area contributed by atoms with Gasteiger partial charge in [-0.25, -0.2) is 4.98 Å². The zero-order valence-corrected chi connectivity index (χ0v) is 14.3.